The molecule has 0 bridgehead atoms. The lowest BCUT2D eigenvalue weighted by atomic mass is 10.1. The SMILES string of the molecule is C=C(CN(Cc1nc2ccc(C)cc2[nH]1)c1nc(N2C[C@@H](C)N[C@@H](C)C2)nc2c(Br)cnn12)C(=O)N[C@@H]1CN(c2nc(Nc3cn(C)nc3OC)c3ncn(C)c3n2)C[C@H]1F. The maximum absolute atomic E-state index is 16.0. The Labute approximate surface area is 357 Å². The number of carbonyl (C=O) groups excluding carboxylic acids is 1. The number of aryl methyl sites for hydroxylation is 3. The quantitative estimate of drug-likeness (QED) is 0.130. The Hall–Kier alpha value is -6.42. The van der Waals surface area contributed by atoms with Gasteiger partial charge in [0.15, 0.2) is 22.6 Å². The first-order chi connectivity index (χ1) is 29.3. The molecule has 0 unspecified atom stereocenters. The van der Waals surface area contributed by atoms with Gasteiger partial charge >= 0.3 is 0 Å². The number of amides is 1. The number of piperazine rings is 1. The lowest BCUT2D eigenvalue weighted by molar-refractivity contribution is -0.118. The third-order valence-electron chi connectivity index (χ3n) is 10.8. The summed E-state index contributed by atoms with van der Waals surface area (Å²) >= 11 is 3.63. The number of anilines is 5. The second-order valence-corrected chi connectivity index (χ2v) is 16.7. The number of nitrogens with zero attached hydrogens (tertiary/aromatic N) is 14. The first kappa shape index (κ1) is 40.0. The Bertz CT molecular complexity index is 2790. The van der Waals surface area contributed by atoms with Crippen molar-refractivity contribution in [1.82, 2.24) is 69.5 Å². The molecule has 2 aliphatic rings. The lowest BCUT2D eigenvalue weighted by Crippen LogP contribution is -2.54. The third kappa shape index (κ3) is 7.87. The number of H-pyrrole nitrogens is 1. The van der Waals surface area contributed by atoms with E-state index < -0.39 is 18.1 Å². The Morgan fingerprint density at radius 1 is 1.05 bits per heavy atom. The van der Waals surface area contributed by atoms with E-state index in [-0.39, 0.29) is 49.8 Å². The first-order valence-electron chi connectivity index (χ1n) is 19.8. The minimum Gasteiger partial charge on any atom is -0.478 e. The van der Waals surface area contributed by atoms with Crippen LogP contribution in [-0.4, -0.2) is 129 Å². The molecule has 1 amide bonds. The van der Waals surface area contributed by atoms with Gasteiger partial charge in [0.05, 0.1) is 67.0 Å². The van der Waals surface area contributed by atoms with Crippen molar-refractivity contribution in [3.63, 3.8) is 0 Å². The minimum atomic E-state index is -1.43. The van der Waals surface area contributed by atoms with Gasteiger partial charge in [0.2, 0.25) is 23.8 Å². The van der Waals surface area contributed by atoms with Gasteiger partial charge < -0.3 is 44.9 Å². The summed E-state index contributed by atoms with van der Waals surface area (Å²) in [6.07, 6.45) is 3.63. The van der Waals surface area contributed by atoms with E-state index in [0.717, 1.165) is 16.6 Å². The lowest BCUT2D eigenvalue weighted by Gasteiger charge is -2.36. The van der Waals surface area contributed by atoms with Gasteiger partial charge in [-0.15, -0.1) is 5.10 Å². The van der Waals surface area contributed by atoms with Crippen LogP contribution >= 0.6 is 15.9 Å². The summed E-state index contributed by atoms with van der Waals surface area (Å²) in [4.78, 5) is 52.1. The van der Waals surface area contributed by atoms with Gasteiger partial charge in [-0.2, -0.15) is 29.5 Å². The number of hydrogen-bond acceptors (Lipinski definition) is 15. The Balaban J connectivity index is 0.981. The normalized spacial score (nSPS) is 19.3. The number of aromatic amines is 1. The van der Waals surface area contributed by atoms with Crippen LogP contribution in [0.4, 0.5) is 33.7 Å². The van der Waals surface area contributed by atoms with Gasteiger partial charge in [-0.05, 0) is 54.4 Å². The number of aromatic nitrogens is 12. The molecule has 22 heteroatoms. The zero-order valence-corrected chi connectivity index (χ0v) is 36.1. The minimum absolute atomic E-state index is 0.0137. The van der Waals surface area contributed by atoms with Crippen molar-refractivity contribution in [2.24, 2.45) is 14.1 Å². The highest BCUT2D eigenvalue weighted by molar-refractivity contribution is 9.10. The van der Waals surface area contributed by atoms with E-state index in [2.05, 4.69) is 77.4 Å². The van der Waals surface area contributed by atoms with Gasteiger partial charge in [-0.1, -0.05) is 12.6 Å². The average molecular weight is 898 g/mol. The highest BCUT2D eigenvalue weighted by Gasteiger charge is 2.37. The topological polar surface area (TPSA) is 205 Å². The Kier molecular flexibility index (Phi) is 10.4. The van der Waals surface area contributed by atoms with Crippen LogP contribution < -0.4 is 35.4 Å². The van der Waals surface area contributed by atoms with Crippen molar-refractivity contribution >= 4 is 79.0 Å². The largest absolute Gasteiger partial charge is 0.478 e. The van der Waals surface area contributed by atoms with Gasteiger partial charge in [-0.25, -0.2) is 14.4 Å². The van der Waals surface area contributed by atoms with E-state index in [1.54, 1.807) is 44.4 Å². The molecule has 4 atom stereocenters. The molecule has 4 N–H and O–H groups in total. The van der Waals surface area contributed by atoms with Gasteiger partial charge in [0.1, 0.15) is 17.7 Å². The number of alkyl halides is 1. The molecule has 2 saturated heterocycles. The molecular formula is C39H46BrFN18O2. The number of rotatable bonds is 12. The maximum Gasteiger partial charge on any atom is 0.256 e. The number of benzene rings is 1. The number of imidazole rings is 2. The molecule has 1 aromatic carbocycles. The monoisotopic (exact) mass is 896 g/mol. The van der Waals surface area contributed by atoms with Crippen molar-refractivity contribution < 1.29 is 13.9 Å². The summed E-state index contributed by atoms with van der Waals surface area (Å²) in [5, 5.41) is 18.7. The second kappa shape index (κ2) is 15.9. The van der Waals surface area contributed by atoms with E-state index in [1.165, 1.54) is 7.11 Å². The van der Waals surface area contributed by atoms with Crippen LogP contribution in [0.2, 0.25) is 0 Å². The molecule has 9 rings (SSSR count). The van der Waals surface area contributed by atoms with Crippen LogP contribution in [0.15, 0.2) is 53.5 Å². The fraction of sp³-hybridized carbons (Fsp3) is 0.410. The molecule has 0 radical (unpaired) electrons. The van der Waals surface area contributed by atoms with E-state index in [4.69, 9.17) is 29.7 Å². The fourth-order valence-electron chi connectivity index (χ4n) is 7.98. The standard InChI is InChI=1S/C39H46BrFN18O2/c1-20-8-9-26-27(10-20)46-30(45-26)18-58(39-52-38(50-33-24(40)11-43-59(33)39)56-13-22(3)44-23(4)14-56)12-21(2)35(60)48-28-17-57(15-25(28)41)37-49-32(31-34(51-37)54(5)19-42-31)47-29-16-55(6)53-36(29)61-7/h8-11,16,19,22-23,25,28,44H,2,12-15,17-18H2,1,3-7H3,(H,45,46)(H,48,60)(H,47,49,51)/t22-,23+,25-,28-/m1/s1. The van der Waals surface area contributed by atoms with Crippen molar-refractivity contribution in [3.8, 4) is 5.88 Å². The molecule has 2 fully saturated rings. The highest BCUT2D eigenvalue weighted by Crippen LogP contribution is 2.31. The summed E-state index contributed by atoms with van der Waals surface area (Å²) in [5.74, 6) is 2.14. The summed E-state index contributed by atoms with van der Waals surface area (Å²) in [7, 11) is 5.13. The van der Waals surface area contributed by atoms with Gasteiger partial charge in [0, 0.05) is 51.4 Å². The maximum atomic E-state index is 16.0. The van der Waals surface area contributed by atoms with Crippen LogP contribution in [0, 0.1) is 6.92 Å². The van der Waals surface area contributed by atoms with Crippen LogP contribution in [-0.2, 0) is 25.4 Å². The smallest absolute Gasteiger partial charge is 0.256 e. The molecule has 318 valence electrons. The van der Waals surface area contributed by atoms with Crippen molar-refractivity contribution in [2.75, 3.05) is 59.9 Å². The first-order valence-corrected chi connectivity index (χ1v) is 20.6. The molecule has 6 aromatic heterocycles. The number of ether oxygens (including phenoxy) is 1. The highest BCUT2D eigenvalue weighted by atomic mass is 79.9. The molecule has 61 heavy (non-hydrogen) atoms. The molecular weight excluding hydrogens is 851 g/mol. The number of hydrogen-bond donors (Lipinski definition) is 4. The Morgan fingerprint density at radius 2 is 1.80 bits per heavy atom. The predicted molar refractivity (Wildman–Crippen MR) is 232 cm³/mol. The molecule has 0 aliphatic carbocycles. The van der Waals surface area contributed by atoms with Crippen LogP contribution in [0.3, 0.4) is 0 Å². The number of carbonyl (C=O) groups is 1. The summed E-state index contributed by atoms with van der Waals surface area (Å²) in [6.45, 7) is 12.2. The van der Waals surface area contributed by atoms with Crippen LogP contribution in [0.1, 0.15) is 25.2 Å². The molecule has 8 heterocycles. The Morgan fingerprint density at radius 3 is 2.59 bits per heavy atom. The number of halogens is 2. The van der Waals surface area contributed by atoms with Crippen molar-refractivity contribution in [2.45, 2.75) is 51.6 Å². The molecule has 0 spiro atoms. The van der Waals surface area contributed by atoms with Crippen LogP contribution in [0.25, 0.3) is 27.8 Å². The van der Waals surface area contributed by atoms with Crippen molar-refractivity contribution in [1.29, 1.82) is 0 Å². The second-order valence-electron chi connectivity index (χ2n) is 15.8. The molecule has 2 aliphatic heterocycles. The van der Waals surface area contributed by atoms with E-state index >= 15 is 4.39 Å². The van der Waals surface area contributed by atoms with E-state index in [1.807, 2.05) is 37.1 Å². The number of fused-ring (bicyclic) bond motifs is 3. The number of methoxy groups -OCH3 is 1. The summed E-state index contributed by atoms with van der Waals surface area (Å²) in [6, 6.07) is 5.55. The van der Waals surface area contributed by atoms with Crippen molar-refractivity contribution in [3.05, 3.63) is 64.9 Å². The van der Waals surface area contributed by atoms with Gasteiger partial charge in [-0.3, -0.25) is 9.48 Å². The fourth-order valence-corrected chi connectivity index (χ4v) is 8.33. The predicted octanol–water partition coefficient (Wildman–Crippen LogP) is 3.33. The third-order valence-corrected chi connectivity index (χ3v) is 11.3. The molecule has 7 aromatic rings. The van der Waals surface area contributed by atoms with Crippen LogP contribution in [0.5, 0.6) is 5.88 Å². The summed E-state index contributed by atoms with van der Waals surface area (Å²) < 4.78 is 27.1. The zero-order valence-electron chi connectivity index (χ0n) is 34.6. The average Bonchev–Trinajstić information content (AvgIpc) is 4.06. The van der Waals surface area contributed by atoms with Gasteiger partial charge in [0.25, 0.3) is 5.88 Å². The van der Waals surface area contributed by atoms with E-state index in [0.29, 0.717) is 69.5 Å². The number of nitrogens with one attached hydrogen (secondary N) is 4. The zero-order chi connectivity index (χ0) is 42.7. The van der Waals surface area contributed by atoms with E-state index in [9.17, 15) is 4.79 Å². The summed E-state index contributed by atoms with van der Waals surface area (Å²) in [5.41, 5.74) is 5.17. The molecule has 0 saturated carbocycles. The molecule has 20 nitrogen and oxygen atoms in total.